The van der Waals surface area contributed by atoms with E-state index in [4.69, 9.17) is 15.9 Å². The normalized spacial score (nSPS) is 16.1. The first-order chi connectivity index (χ1) is 16.3. The van der Waals surface area contributed by atoms with Gasteiger partial charge >= 0.3 is 12.2 Å². The molecular formula is C27H33N3O4. The molecule has 7 heteroatoms. The molecule has 1 fully saturated rings. The Labute approximate surface area is 202 Å². The molecule has 2 atom stereocenters. The SMILES string of the molecule is C#CCOC(=O)N[C@H](c1ccccc1)[C@H](c1ccccc1)N1CCN(C(=O)OC(C)(C)C)CC1. The summed E-state index contributed by atoms with van der Waals surface area (Å²) in [5.74, 6) is 2.32. The second-order valence-corrected chi connectivity index (χ2v) is 9.17. The number of rotatable bonds is 6. The smallest absolute Gasteiger partial charge is 0.410 e. The molecule has 0 aliphatic carbocycles. The molecule has 2 aromatic rings. The summed E-state index contributed by atoms with van der Waals surface area (Å²) in [6, 6.07) is 19.3. The molecule has 0 radical (unpaired) electrons. The number of nitrogens with one attached hydrogen (secondary N) is 1. The minimum Gasteiger partial charge on any atom is -0.444 e. The van der Waals surface area contributed by atoms with Gasteiger partial charge in [0.15, 0.2) is 6.61 Å². The molecule has 0 saturated carbocycles. The number of benzene rings is 2. The highest BCUT2D eigenvalue weighted by atomic mass is 16.6. The van der Waals surface area contributed by atoms with Crippen LogP contribution >= 0.6 is 0 Å². The number of amides is 2. The van der Waals surface area contributed by atoms with E-state index in [0.29, 0.717) is 26.2 Å². The van der Waals surface area contributed by atoms with Gasteiger partial charge in [-0.2, -0.15) is 0 Å². The number of alkyl carbamates (subject to hydrolysis) is 1. The van der Waals surface area contributed by atoms with Crippen molar-refractivity contribution in [3.8, 4) is 12.3 Å². The van der Waals surface area contributed by atoms with Gasteiger partial charge in [0, 0.05) is 26.2 Å². The molecule has 1 aliphatic rings. The lowest BCUT2D eigenvalue weighted by molar-refractivity contribution is 0.00789. The molecule has 2 aromatic carbocycles. The number of carbonyl (C=O) groups excluding carboxylic acids is 2. The number of hydrogen-bond acceptors (Lipinski definition) is 5. The third kappa shape index (κ3) is 7.00. The Hall–Kier alpha value is -3.50. The van der Waals surface area contributed by atoms with Crippen LogP contribution in [0.4, 0.5) is 9.59 Å². The number of carbonyl (C=O) groups is 2. The maximum absolute atomic E-state index is 12.6. The molecule has 0 spiro atoms. The van der Waals surface area contributed by atoms with Crippen LogP contribution in [-0.2, 0) is 9.47 Å². The quantitative estimate of drug-likeness (QED) is 0.644. The highest BCUT2D eigenvalue weighted by Crippen LogP contribution is 2.35. The predicted octanol–water partition coefficient (Wildman–Crippen LogP) is 4.38. The Morgan fingerprint density at radius 2 is 1.53 bits per heavy atom. The zero-order valence-electron chi connectivity index (χ0n) is 20.1. The molecule has 2 amide bonds. The van der Waals surface area contributed by atoms with Crippen molar-refractivity contribution in [3.05, 3.63) is 71.8 Å². The molecule has 180 valence electrons. The Morgan fingerprint density at radius 3 is 2.06 bits per heavy atom. The van der Waals surface area contributed by atoms with Crippen molar-refractivity contribution < 1.29 is 19.1 Å². The standard InChI is InChI=1S/C27H33N3O4/c1-5-20-33-25(31)28-23(21-12-8-6-9-13-21)24(22-14-10-7-11-15-22)29-16-18-30(19-17-29)26(32)34-27(2,3)4/h1,6-15,23-24H,16-20H2,2-4H3,(H,28,31)/t23-,24+/m1/s1. The first-order valence-electron chi connectivity index (χ1n) is 11.5. The molecule has 1 N–H and O–H groups in total. The average molecular weight is 464 g/mol. The Morgan fingerprint density at radius 1 is 0.971 bits per heavy atom. The van der Waals surface area contributed by atoms with Gasteiger partial charge in [-0.3, -0.25) is 4.90 Å². The van der Waals surface area contributed by atoms with Crippen LogP contribution in [0.2, 0.25) is 0 Å². The minimum atomic E-state index is -0.569. The van der Waals surface area contributed by atoms with E-state index in [1.807, 2.05) is 69.3 Å². The fourth-order valence-corrected chi connectivity index (χ4v) is 4.05. The van der Waals surface area contributed by atoms with Crippen molar-refractivity contribution >= 4 is 12.2 Å². The second-order valence-electron chi connectivity index (χ2n) is 9.17. The fraction of sp³-hybridized carbons (Fsp3) is 0.407. The van der Waals surface area contributed by atoms with Gasteiger partial charge in [0.1, 0.15) is 5.60 Å². The van der Waals surface area contributed by atoms with Crippen LogP contribution < -0.4 is 5.32 Å². The number of piperazine rings is 1. The summed E-state index contributed by atoms with van der Waals surface area (Å²) in [4.78, 5) is 29.1. The third-order valence-electron chi connectivity index (χ3n) is 5.53. The lowest BCUT2D eigenvalue weighted by Crippen LogP contribution is -2.52. The van der Waals surface area contributed by atoms with Gasteiger partial charge in [-0.25, -0.2) is 9.59 Å². The summed E-state index contributed by atoms with van der Waals surface area (Å²) in [5, 5.41) is 3.03. The van der Waals surface area contributed by atoms with Crippen LogP contribution in [0.5, 0.6) is 0 Å². The molecular weight excluding hydrogens is 430 g/mol. The summed E-state index contributed by atoms with van der Waals surface area (Å²) >= 11 is 0. The monoisotopic (exact) mass is 463 g/mol. The van der Waals surface area contributed by atoms with Crippen molar-refractivity contribution in [2.45, 2.75) is 38.5 Å². The van der Waals surface area contributed by atoms with Gasteiger partial charge in [-0.1, -0.05) is 66.6 Å². The van der Waals surface area contributed by atoms with E-state index in [9.17, 15) is 9.59 Å². The number of hydrogen-bond donors (Lipinski definition) is 1. The van der Waals surface area contributed by atoms with E-state index >= 15 is 0 Å². The van der Waals surface area contributed by atoms with Gasteiger partial charge < -0.3 is 19.7 Å². The fourth-order valence-electron chi connectivity index (χ4n) is 4.05. The van der Waals surface area contributed by atoms with Gasteiger partial charge in [0.05, 0.1) is 12.1 Å². The largest absolute Gasteiger partial charge is 0.444 e. The number of terminal acetylenes is 1. The van der Waals surface area contributed by atoms with Crippen LogP contribution in [0.3, 0.4) is 0 Å². The number of ether oxygens (including phenoxy) is 2. The lowest BCUT2D eigenvalue weighted by atomic mass is 9.91. The molecule has 7 nitrogen and oxygen atoms in total. The minimum absolute atomic E-state index is 0.0993. The van der Waals surface area contributed by atoms with Gasteiger partial charge in [0.25, 0.3) is 0 Å². The summed E-state index contributed by atoms with van der Waals surface area (Å²) in [7, 11) is 0. The van der Waals surface area contributed by atoms with E-state index in [2.05, 4.69) is 28.3 Å². The first kappa shape index (κ1) is 25.1. The van der Waals surface area contributed by atoms with Gasteiger partial charge in [0.2, 0.25) is 0 Å². The summed E-state index contributed by atoms with van der Waals surface area (Å²) in [5.41, 5.74) is 1.46. The Kier molecular flexibility index (Phi) is 8.55. The predicted molar refractivity (Wildman–Crippen MR) is 131 cm³/mol. The summed E-state index contributed by atoms with van der Waals surface area (Å²) in [6.07, 6.45) is 4.38. The number of nitrogens with zero attached hydrogens (tertiary/aromatic N) is 2. The summed E-state index contributed by atoms with van der Waals surface area (Å²) in [6.45, 7) is 7.80. The van der Waals surface area contributed by atoms with Gasteiger partial charge in [-0.05, 0) is 31.9 Å². The van der Waals surface area contributed by atoms with Crippen LogP contribution in [0.25, 0.3) is 0 Å². The van der Waals surface area contributed by atoms with E-state index in [1.54, 1.807) is 4.90 Å². The van der Waals surface area contributed by atoms with Crippen molar-refractivity contribution in [2.75, 3.05) is 32.8 Å². The first-order valence-corrected chi connectivity index (χ1v) is 11.5. The zero-order valence-corrected chi connectivity index (χ0v) is 20.1. The average Bonchev–Trinajstić information content (AvgIpc) is 2.83. The van der Waals surface area contributed by atoms with E-state index < -0.39 is 11.7 Å². The van der Waals surface area contributed by atoms with Crippen LogP contribution in [-0.4, -0.2) is 60.4 Å². The second kappa shape index (κ2) is 11.6. The van der Waals surface area contributed by atoms with Crippen molar-refractivity contribution in [1.82, 2.24) is 15.1 Å². The maximum Gasteiger partial charge on any atom is 0.410 e. The van der Waals surface area contributed by atoms with Crippen LogP contribution in [0.15, 0.2) is 60.7 Å². The molecule has 3 rings (SSSR count). The van der Waals surface area contributed by atoms with Crippen molar-refractivity contribution in [2.24, 2.45) is 0 Å². The highest BCUT2D eigenvalue weighted by molar-refractivity contribution is 5.69. The van der Waals surface area contributed by atoms with Crippen LogP contribution in [0, 0.1) is 12.3 Å². The molecule has 34 heavy (non-hydrogen) atoms. The Balaban J connectivity index is 1.86. The maximum atomic E-state index is 12.6. The molecule has 1 heterocycles. The molecule has 0 bridgehead atoms. The van der Waals surface area contributed by atoms with Crippen molar-refractivity contribution in [1.29, 1.82) is 0 Å². The molecule has 0 aromatic heterocycles. The molecule has 1 saturated heterocycles. The van der Waals surface area contributed by atoms with Crippen molar-refractivity contribution in [3.63, 3.8) is 0 Å². The van der Waals surface area contributed by atoms with E-state index in [1.165, 1.54) is 0 Å². The van der Waals surface area contributed by atoms with E-state index in [0.717, 1.165) is 11.1 Å². The molecule has 1 aliphatic heterocycles. The van der Waals surface area contributed by atoms with E-state index in [-0.39, 0.29) is 24.8 Å². The highest BCUT2D eigenvalue weighted by Gasteiger charge is 2.35. The zero-order chi connectivity index (χ0) is 24.6. The van der Waals surface area contributed by atoms with Crippen LogP contribution in [0.1, 0.15) is 44.0 Å². The topological polar surface area (TPSA) is 71.1 Å². The molecule has 0 unspecified atom stereocenters. The Bertz CT molecular complexity index is 974. The third-order valence-corrected chi connectivity index (χ3v) is 5.53. The van der Waals surface area contributed by atoms with Gasteiger partial charge in [-0.15, -0.1) is 6.42 Å². The lowest BCUT2D eigenvalue weighted by Gasteiger charge is -2.42. The summed E-state index contributed by atoms with van der Waals surface area (Å²) < 4.78 is 10.7.